The number of ether oxygens (including phenoxy) is 1. The molecule has 1 fully saturated rings. The molecule has 2 amide bonds. The van der Waals surface area contributed by atoms with Crippen LogP contribution in [0.1, 0.15) is 24.5 Å². The highest BCUT2D eigenvalue weighted by molar-refractivity contribution is 5.89. The van der Waals surface area contributed by atoms with Crippen molar-refractivity contribution in [2.75, 3.05) is 26.7 Å². The molecule has 7 heteroatoms. The molecule has 1 aliphatic heterocycles. The maximum atomic E-state index is 13.1. The summed E-state index contributed by atoms with van der Waals surface area (Å²) >= 11 is 0. The molecule has 0 spiro atoms. The number of nitrogens with zero attached hydrogens (tertiary/aromatic N) is 3. The number of hydrogen-bond donors (Lipinski definition) is 1. The zero-order valence-electron chi connectivity index (χ0n) is 19.2. The average molecular weight is 447 g/mol. The van der Waals surface area contributed by atoms with E-state index in [1.807, 2.05) is 61.7 Å². The van der Waals surface area contributed by atoms with Gasteiger partial charge in [-0.25, -0.2) is 0 Å². The van der Waals surface area contributed by atoms with Crippen LogP contribution in [0, 0.1) is 0 Å². The number of amides is 2. The lowest BCUT2D eigenvalue weighted by atomic mass is 10.0. The standard InChI is InChI=1S/C26H30N4O3/c1-3-33-22-9-7-19(8-10-22)17-30-14-13-28-26(32)24(30)15-25(31)29(2)18-21-6-4-5-20-16-27-12-11-23(20)21/h4-12,16,24H,3,13-15,17-18H2,1-2H3,(H,28,32)/t24-/m0/s1. The van der Waals surface area contributed by atoms with Crippen LogP contribution in [0.25, 0.3) is 10.8 Å². The summed E-state index contributed by atoms with van der Waals surface area (Å²) in [5.41, 5.74) is 2.15. The van der Waals surface area contributed by atoms with E-state index in [9.17, 15) is 9.59 Å². The molecule has 0 bridgehead atoms. The van der Waals surface area contributed by atoms with Crippen molar-refractivity contribution >= 4 is 22.6 Å². The van der Waals surface area contributed by atoms with Crippen LogP contribution in [-0.4, -0.2) is 59.4 Å². The summed E-state index contributed by atoms with van der Waals surface area (Å²) < 4.78 is 5.51. The highest BCUT2D eigenvalue weighted by Gasteiger charge is 2.32. The number of pyridine rings is 1. The lowest BCUT2D eigenvalue weighted by Gasteiger charge is -2.35. The van der Waals surface area contributed by atoms with Crippen molar-refractivity contribution in [1.29, 1.82) is 0 Å². The first kappa shape index (κ1) is 22.7. The van der Waals surface area contributed by atoms with E-state index in [0.717, 1.165) is 27.6 Å². The minimum absolute atomic E-state index is 0.0557. The van der Waals surface area contributed by atoms with Crippen molar-refractivity contribution in [1.82, 2.24) is 20.1 Å². The summed E-state index contributed by atoms with van der Waals surface area (Å²) in [4.78, 5) is 33.7. The Kier molecular flexibility index (Phi) is 7.19. The zero-order chi connectivity index (χ0) is 23.2. The van der Waals surface area contributed by atoms with Gasteiger partial charge in [0, 0.05) is 51.0 Å². The van der Waals surface area contributed by atoms with Gasteiger partial charge in [0.2, 0.25) is 11.8 Å². The Hall–Kier alpha value is -3.45. The van der Waals surface area contributed by atoms with Crippen LogP contribution in [0.4, 0.5) is 0 Å². The number of nitrogens with one attached hydrogen (secondary N) is 1. The maximum absolute atomic E-state index is 13.1. The molecule has 1 saturated heterocycles. The van der Waals surface area contributed by atoms with Gasteiger partial charge in [0.1, 0.15) is 5.75 Å². The maximum Gasteiger partial charge on any atom is 0.237 e. The molecule has 7 nitrogen and oxygen atoms in total. The number of benzene rings is 2. The Morgan fingerprint density at radius 3 is 2.82 bits per heavy atom. The molecule has 33 heavy (non-hydrogen) atoms. The van der Waals surface area contributed by atoms with Crippen LogP contribution < -0.4 is 10.1 Å². The van der Waals surface area contributed by atoms with Gasteiger partial charge in [-0.1, -0.05) is 30.3 Å². The first-order chi connectivity index (χ1) is 16.0. The van der Waals surface area contributed by atoms with Crippen LogP contribution >= 0.6 is 0 Å². The van der Waals surface area contributed by atoms with Crippen molar-refractivity contribution < 1.29 is 14.3 Å². The molecule has 1 atom stereocenters. The summed E-state index contributed by atoms with van der Waals surface area (Å²) in [6, 6.07) is 15.4. The van der Waals surface area contributed by atoms with E-state index in [1.165, 1.54) is 0 Å². The van der Waals surface area contributed by atoms with Gasteiger partial charge >= 0.3 is 0 Å². The molecule has 2 heterocycles. The Morgan fingerprint density at radius 1 is 1.21 bits per heavy atom. The van der Waals surface area contributed by atoms with Crippen LogP contribution in [-0.2, 0) is 22.7 Å². The van der Waals surface area contributed by atoms with E-state index in [1.54, 1.807) is 18.1 Å². The monoisotopic (exact) mass is 446 g/mol. The Labute approximate surface area is 194 Å². The van der Waals surface area contributed by atoms with E-state index in [0.29, 0.717) is 32.8 Å². The highest BCUT2D eigenvalue weighted by Crippen LogP contribution is 2.21. The van der Waals surface area contributed by atoms with E-state index in [-0.39, 0.29) is 18.2 Å². The van der Waals surface area contributed by atoms with E-state index in [2.05, 4.69) is 15.2 Å². The molecule has 2 aromatic carbocycles. The second kappa shape index (κ2) is 10.4. The summed E-state index contributed by atoms with van der Waals surface area (Å²) in [5, 5.41) is 5.04. The lowest BCUT2D eigenvalue weighted by Crippen LogP contribution is -2.56. The van der Waals surface area contributed by atoms with Gasteiger partial charge in [0.25, 0.3) is 0 Å². The van der Waals surface area contributed by atoms with Crippen LogP contribution in [0.15, 0.2) is 60.9 Å². The molecule has 1 aromatic heterocycles. The van der Waals surface area contributed by atoms with Crippen LogP contribution in [0.3, 0.4) is 0 Å². The second-order valence-electron chi connectivity index (χ2n) is 8.32. The van der Waals surface area contributed by atoms with Crippen molar-refractivity contribution in [3.63, 3.8) is 0 Å². The van der Waals surface area contributed by atoms with Crippen LogP contribution in [0.5, 0.6) is 5.75 Å². The molecule has 0 saturated carbocycles. The van der Waals surface area contributed by atoms with Crippen molar-refractivity contribution in [3.8, 4) is 5.75 Å². The van der Waals surface area contributed by atoms with Gasteiger partial charge in [-0.05, 0) is 41.6 Å². The van der Waals surface area contributed by atoms with Crippen LogP contribution in [0.2, 0.25) is 0 Å². The van der Waals surface area contributed by atoms with E-state index < -0.39 is 6.04 Å². The highest BCUT2D eigenvalue weighted by atomic mass is 16.5. The number of carbonyl (C=O) groups excluding carboxylic acids is 2. The van der Waals surface area contributed by atoms with Gasteiger partial charge in [0.05, 0.1) is 19.1 Å². The summed E-state index contributed by atoms with van der Waals surface area (Å²) in [5.74, 6) is 0.681. The normalized spacial score (nSPS) is 16.4. The Morgan fingerprint density at radius 2 is 2.03 bits per heavy atom. The Balaban J connectivity index is 1.43. The van der Waals surface area contributed by atoms with Gasteiger partial charge in [-0.15, -0.1) is 0 Å². The number of hydrogen-bond acceptors (Lipinski definition) is 5. The molecule has 3 aromatic rings. The molecule has 1 aliphatic rings. The number of aromatic nitrogens is 1. The van der Waals surface area contributed by atoms with E-state index >= 15 is 0 Å². The fourth-order valence-electron chi connectivity index (χ4n) is 4.26. The number of fused-ring (bicyclic) bond motifs is 1. The molecule has 1 N–H and O–H groups in total. The molecule has 0 aliphatic carbocycles. The van der Waals surface area contributed by atoms with Gasteiger partial charge < -0.3 is 15.0 Å². The third-order valence-corrected chi connectivity index (χ3v) is 6.03. The largest absolute Gasteiger partial charge is 0.494 e. The Bertz CT molecular complexity index is 1110. The minimum atomic E-state index is -0.489. The smallest absolute Gasteiger partial charge is 0.237 e. The van der Waals surface area contributed by atoms with Crippen molar-refractivity contribution in [3.05, 3.63) is 72.1 Å². The van der Waals surface area contributed by atoms with Gasteiger partial charge in [-0.3, -0.25) is 19.5 Å². The summed E-state index contributed by atoms with van der Waals surface area (Å²) in [6.07, 6.45) is 3.73. The van der Waals surface area contributed by atoms with E-state index in [4.69, 9.17) is 4.74 Å². The minimum Gasteiger partial charge on any atom is -0.494 e. The quantitative estimate of drug-likeness (QED) is 0.576. The van der Waals surface area contributed by atoms with Gasteiger partial charge in [-0.2, -0.15) is 0 Å². The van der Waals surface area contributed by atoms with Crippen molar-refractivity contribution in [2.45, 2.75) is 32.5 Å². The third kappa shape index (κ3) is 5.49. The zero-order valence-corrected chi connectivity index (χ0v) is 19.2. The predicted octanol–water partition coefficient (Wildman–Crippen LogP) is 2.98. The predicted molar refractivity (Wildman–Crippen MR) is 128 cm³/mol. The summed E-state index contributed by atoms with van der Waals surface area (Å²) in [6.45, 7) is 4.96. The third-order valence-electron chi connectivity index (χ3n) is 6.03. The molecule has 0 radical (unpaired) electrons. The molecule has 4 rings (SSSR count). The van der Waals surface area contributed by atoms with Gasteiger partial charge in [0.15, 0.2) is 0 Å². The fourth-order valence-corrected chi connectivity index (χ4v) is 4.26. The molecular formula is C26H30N4O3. The number of piperazine rings is 1. The molecule has 172 valence electrons. The molecule has 0 unspecified atom stereocenters. The SMILES string of the molecule is CCOc1ccc(CN2CCNC(=O)[C@@H]2CC(=O)N(C)Cc2cccc3cnccc23)cc1. The fraction of sp³-hybridized carbons (Fsp3) is 0.346. The summed E-state index contributed by atoms with van der Waals surface area (Å²) in [7, 11) is 1.79. The first-order valence-corrected chi connectivity index (χ1v) is 11.3. The number of carbonyl (C=O) groups is 2. The first-order valence-electron chi connectivity index (χ1n) is 11.3. The lowest BCUT2D eigenvalue weighted by molar-refractivity contribution is -0.138. The topological polar surface area (TPSA) is 74.8 Å². The van der Waals surface area contributed by atoms with Crippen molar-refractivity contribution in [2.24, 2.45) is 0 Å². The molecular weight excluding hydrogens is 416 g/mol. The second-order valence-corrected chi connectivity index (χ2v) is 8.32. The number of rotatable bonds is 8. The average Bonchev–Trinajstić information content (AvgIpc) is 2.83.